The van der Waals surface area contributed by atoms with E-state index in [0.29, 0.717) is 5.69 Å². The van der Waals surface area contributed by atoms with Crippen molar-refractivity contribution in [2.75, 3.05) is 0 Å². The van der Waals surface area contributed by atoms with Gasteiger partial charge >= 0.3 is 0 Å². The van der Waals surface area contributed by atoms with Crippen LogP contribution in [-0.2, 0) is 21.2 Å². The second-order valence-electron chi connectivity index (χ2n) is 4.76. The Bertz CT molecular complexity index is 965. The summed E-state index contributed by atoms with van der Waals surface area (Å²) in [6.45, 7) is 0. The van der Waals surface area contributed by atoms with Gasteiger partial charge in [0.05, 0.1) is 17.0 Å². The second-order valence-corrected chi connectivity index (χ2v) is 8.19. The lowest BCUT2D eigenvalue weighted by Crippen LogP contribution is -2.42. The zero-order valence-corrected chi connectivity index (χ0v) is 15.0. The predicted octanol–water partition coefficient (Wildman–Crippen LogP) is 2.25. The normalized spacial score (nSPS) is 11.8. The third-order valence-corrected chi connectivity index (χ3v) is 5.39. The summed E-state index contributed by atoms with van der Waals surface area (Å²) in [6, 6.07) is 3.86. The van der Waals surface area contributed by atoms with Crippen molar-refractivity contribution in [1.29, 1.82) is 0 Å². The van der Waals surface area contributed by atoms with Gasteiger partial charge in [-0.25, -0.2) is 13.4 Å². The number of imidazole rings is 1. The molecule has 0 spiro atoms. The highest BCUT2D eigenvalue weighted by molar-refractivity contribution is 7.89. The van der Waals surface area contributed by atoms with Gasteiger partial charge in [-0.3, -0.25) is 14.6 Å². The molecule has 2 aromatic heterocycles. The average molecular weight is 405 g/mol. The van der Waals surface area contributed by atoms with E-state index in [1.807, 2.05) is 16.4 Å². The van der Waals surface area contributed by atoms with E-state index in [1.54, 1.807) is 10.6 Å². The molecule has 0 aliphatic heterocycles. The number of aromatic nitrogens is 2. The minimum atomic E-state index is -3.98. The molecular formula is C13H10Cl2N4O3S2. The van der Waals surface area contributed by atoms with E-state index in [1.165, 1.54) is 29.5 Å². The summed E-state index contributed by atoms with van der Waals surface area (Å²) in [6.07, 6.45) is 3.46. The first kappa shape index (κ1) is 17.2. The summed E-state index contributed by atoms with van der Waals surface area (Å²) in [5.74, 6) is -0.544. The number of rotatable bonds is 5. The van der Waals surface area contributed by atoms with E-state index in [2.05, 4.69) is 10.4 Å². The van der Waals surface area contributed by atoms with Crippen LogP contribution in [0.2, 0.25) is 10.0 Å². The van der Waals surface area contributed by atoms with Gasteiger partial charge in [0.15, 0.2) is 4.96 Å². The molecule has 0 bridgehead atoms. The number of fused-ring (bicyclic) bond motifs is 1. The molecule has 126 valence electrons. The lowest BCUT2D eigenvalue weighted by Gasteiger charge is -2.08. The summed E-state index contributed by atoms with van der Waals surface area (Å²) in [4.78, 5) is 18.7. The number of benzene rings is 1. The largest absolute Gasteiger partial charge is 0.297 e. The van der Waals surface area contributed by atoms with E-state index in [4.69, 9.17) is 23.2 Å². The smallest absolute Gasteiger partial charge is 0.257 e. The van der Waals surface area contributed by atoms with Crippen molar-refractivity contribution in [1.82, 2.24) is 19.6 Å². The van der Waals surface area contributed by atoms with E-state index in [0.717, 1.165) is 4.96 Å². The molecule has 0 unspecified atom stereocenters. The third-order valence-electron chi connectivity index (χ3n) is 2.96. The monoisotopic (exact) mass is 404 g/mol. The SMILES string of the molecule is O=C(Cc1cn2ccsc2n1)NNS(=O)(=O)c1cc(Cl)cc(Cl)c1. The number of sulfonamides is 1. The molecule has 0 saturated heterocycles. The first-order valence-corrected chi connectivity index (χ1v) is 9.63. The van der Waals surface area contributed by atoms with Gasteiger partial charge in [-0.1, -0.05) is 23.2 Å². The van der Waals surface area contributed by atoms with Crippen LogP contribution in [0.1, 0.15) is 5.69 Å². The maximum atomic E-state index is 12.1. The van der Waals surface area contributed by atoms with Gasteiger partial charge in [0.1, 0.15) is 0 Å². The van der Waals surface area contributed by atoms with Crippen molar-refractivity contribution in [2.45, 2.75) is 11.3 Å². The molecule has 11 heteroatoms. The van der Waals surface area contributed by atoms with Crippen molar-refractivity contribution in [3.05, 3.63) is 51.7 Å². The lowest BCUT2D eigenvalue weighted by atomic mass is 10.3. The predicted molar refractivity (Wildman–Crippen MR) is 91.7 cm³/mol. The number of thiazole rings is 1. The number of hydrogen-bond acceptors (Lipinski definition) is 5. The number of carbonyl (C=O) groups excluding carboxylic acids is 1. The number of amides is 1. The Hall–Kier alpha value is -1.65. The van der Waals surface area contributed by atoms with E-state index in [9.17, 15) is 13.2 Å². The molecule has 7 nitrogen and oxygen atoms in total. The fourth-order valence-corrected chi connectivity index (χ4v) is 4.24. The molecule has 3 rings (SSSR count). The molecule has 0 radical (unpaired) electrons. The van der Waals surface area contributed by atoms with Gasteiger partial charge in [0, 0.05) is 27.8 Å². The summed E-state index contributed by atoms with van der Waals surface area (Å²) >= 11 is 13.0. The summed E-state index contributed by atoms with van der Waals surface area (Å²) in [5, 5.41) is 2.22. The first-order chi connectivity index (χ1) is 11.3. The van der Waals surface area contributed by atoms with Crippen LogP contribution < -0.4 is 10.3 Å². The number of hydrazine groups is 1. The molecule has 1 amide bonds. The highest BCUT2D eigenvalue weighted by atomic mass is 35.5. The van der Waals surface area contributed by atoms with Crippen LogP contribution in [0, 0.1) is 0 Å². The van der Waals surface area contributed by atoms with Crippen LogP contribution in [-0.4, -0.2) is 23.7 Å². The zero-order valence-electron chi connectivity index (χ0n) is 11.9. The number of nitrogens with zero attached hydrogens (tertiary/aromatic N) is 2. The fraction of sp³-hybridized carbons (Fsp3) is 0.0769. The Morgan fingerprint density at radius 2 is 1.96 bits per heavy atom. The van der Waals surface area contributed by atoms with Crippen molar-refractivity contribution in [3.63, 3.8) is 0 Å². The topological polar surface area (TPSA) is 92.6 Å². The van der Waals surface area contributed by atoms with Crippen LogP contribution >= 0.6 is 34.5 Å². The Morgan fingerprint density at radius 3 is 2.62 bits per heavy atom. The van der Waals surface area contributed by atoms with Crippen LogP contribution in [0.25, 0.3) is 4.96 Å². The van der Waals surface area contributed by atoms with E-state index >= 15 is 0 Å². The number of halogens is 2. The number of nitrogens with one attached hydrogen (secondary N) is 2. The molecule has 0 aliphatic rings. The summed E-state index contributed by atoms with van der Waals surface area (Å²) < 4.78 is 26.0. The highest BCUT2D eigenvalue weighted by Crippen LogP contribution is 2.21. The molecule has 1 aromatic carbocycles. The quantitative estimate of drug-likeness (QED) is 0.637. The number of hydrogen-bond donors (Lipinski definition) is 2. The maximum Gasteiger partial charge on any atom is 0.257 e. The van der Waals surface area contributed by atoms with Crippen molar-refractivity contribution in [2.24, 2.45) is 0 Å². The van der Waals surface area contributed by atoms with Gasteiger partial charge in [-0.15, -0.1) is 16.2 Å². The van der Waals surface area contributed by atoms with Gasteiger partial charge in [0.25, 0.3) is 10.0 Å². The summed E-state index contributed by atoms with van der Waals surface area (Å²) in [5.41, 5.74) is 2.67. The lowest BCUT2D eigenvalue weighted by molar-refractivity contribution is -0.120. The maximum absolute atomic E-state index is 12.1. The standard InChI is InChI=1S/C13H10Cl2N4O3S2/c14-8-3-9(15)5-11(4-8)24(21,22)18-17-12(20)6-10-7-19-1-2-23-13(19)16-10/h1-5,7,18H,6H2,(H,17,20). The molecule has 2 heterocycles. The minimum Gasteiger partial charge on any atom is -0.297 e. The van der Waals surface area contributed by atoms with Crippen LogP contribution in [0.5, 0.6) is 0 Å². The Labute approximate surface area is 151 Å². The first-order valence-electron chi connectivity index (χ1n) is 6.51. The van der Waals surface area contributed by atoms with Gasteiger partial charge in [-0.05, 0) is 18.2 Å². The Kier molecular flexibility index (Phi) is 4.79. The average Bonchev–Trinajstić information content (AvgIpc) is 3.05. The van der Waals surface area contributed by atoms with Crippen LogP contribution in [0.15, 0.2) is 40.9 Å². The molecule has 24 heavy (non-hydrogen) atoms. The third kappa shape index (κ3) is 3.87. The molecule has 0 aliphatic carbocycles. The minimum absolute atomic E-state index is 0.0623. The molecule has 2 N–H and O–H groups in total. The molecule has 0 atom stereocenters. The second kappa shape index (κ2) is 6.69. The van der Waals surface area contributed by atoms with Crippen molar-refractivity contribution in [3.8, 4) is 0 Å². The number of carbonyl (C=O) groups is 1. The van der Waals surface area contributed by atoms with Crippen molar-refractivity contribution < 1.29 is 13.2 Å². The zero-order chi connectivity index (χ0) is 17.3. The van der Waals surface area contributed by atoms with Gasteiger partial charge in [0.2, 0.25) is 5.91 Å². The fourth-order valence-electron chi connectivity index (χ4n) is 1.94. The summed E-state index contributed by atoms with van der Waals surface area (Å²) in [7, 11) is -3.98. The van der Waals surface area contributed by atoms with Crippen molar-refractivity contribution >= 4 is 55.4 Å². The van der Waals surface area contributed by atoms with Crippen LogP contribution in [0.4, 0.5) is 0 Å². The Morgan fingerprint density at radius 1 is 1.25 bits per heavy atom. The van der Waals surface area contributed by atoms with E-state index in [-0.39, 0.29) is 21.4 Å². The Balaban J connectivity index is 1.65. The molecule has 0 saturated carbocycles. The van der Waals surface area contributed by atoms with Gasteiger partial charge in [-0.2, -0.15) is 0 Å². The molecule has 0 fully saturated rings. The van der Waals surface area contributed by atoms with E-state index < -0.39 is 15.9 Å². The highest BCUT2D eigenvalue weighted by Gasteiger charge is 2.17. The molecular weight excluding hydrogens is 395 g/mol. The van der Waals surface area contributed by atoms with Gasteiger partial charge < -0.3 is 0 Å². The molecule has 3 aromatic rings. The van der Waals surface area contributed by atoms with Crippen LogP contribution in [0.3, 0.4) is 0 Å².